The minimum Gasteiger partial charge on any atom is -0.299 e. The number of hydrogen-bond donors (Lipinski definition) is 0. The zero-order valence-electron chi connectivity index (χ0n) is 11.3. The summed E-state index contributed by atoms with van der Waals surface area (Å²) in [5, 5.41) is -0.185. The van der Waals surface area contributed by atoms with Gasteiger partial charge in [-0.15, -0.1) is 0 Å². The molecule has 0 aromatic heterocycles. The molecule has 0 aliphatic carbocycles. The van der Waals surface area contributed by atoms with Gasteiger partial charge in [0.15, 0.2) is 0 Å². The average molecular weight is 304 g/mol. The van der Waals surface area contributed by atoms with E-state index < -0.39 is 11.7 Å². The Labute approximate surface area is 122 Å². The van der Waals surface area contributed by atoms with Gasteiger partial charge in [0.25, 0.3) is 0 Å². The summed E-state index contributed by atoms with van der Waals surface area (Å²) in [6.07, 6.45) is -0.606. The summed E-state index contributed by atoms with van der Waals surface area (Å²) in [5.74, 6) is 0. The molecule has 0 saturated carbocycles. The Kier molecular flexibility index (Phi) is 4.76. The van der Waals surface area contributed by atoms with E-state index in [4.69, 9.17) is 11.6 Å². The second-order valence-electron chi connectivity index (χ2n) is 4.94. The van der Waals surface area contributed by atoms with Crippen LogP contribution in [0.1, 0.15) is 30.9 Å². The fraction of sp³-hybridized carbons (Fsp3) is 0.467. The maximum Gasteiger partial charge on any atom is 0.417 e. The smallest absolute Gasteiger partial charge is 0.299 e. The Morgan fingerprint density at radius 3 is 2.60 bits per heavy atom. The Morgan fingerprint density at radius 1 is 1.30 bits per heavy atom. The normalized spacial score (nSPS) is 17.1. The highest BCUT2D eigenvalue weighted by Crippen LogP contribution is 2.39. The summed E-state index contributed by atoms with van der Waals surface area (Å²) in [4.78, 5) is 2.28. The van der Waals surface area contributed by atoms with E-state index in [9.17, 15) is 13.2 Å². The van der Waals surface area contributed by atoms with E-state index in [0.29, 0.717) is 5.56 Å². The summed E-state index contributed by atoms with van der Waals surface area (Å²) in [6, 6.07) is 4.11. The second kappa shape index (κ2) is 6.19. The van der Waals surface area contributed by atoms with Crippen molar-refractivity contribution in [1.82, 2.24) is 4.90 Å². The summed E-state index contributed by atoms with van der Waals surface area (Å²) in [5.41, 5.74) is 0.666. The van der Waals surface area contributed by atoms with E-state index in [2.05, 4.69) is 11.8 Å². The van der Waals surface area contributed by atoms with Gasteiger partial charge in [0.05, 0.1) is 10.6 Å². The van der Waals surface area contributed by atoms with Crippen LogP contribution in [0.5, 0.6) is 0 Å². The lowest BCUT2D eigenvalue weighted by Gasteiger charge is -2.26. The van der Waals surface area contributed by atoms with Gasteiger partial charge in [0, 0.05) is 13.1 Å². The molecule has 110 valence electrons. The van der Waals surface area contributed by atoms with E-state index in [1.54, 1.807) is 6.07 Å². The summed E-state index contributed by atoms with van der Waals surface area (Å²) in [7, 11) is 0. The van der Waals surface area contributed by atoms with E-state index >= 15 is 0 Å². The Morgan fingerprint density at radius 2 is 2.05 bits per heavy atom. The molecule has 0 saturated heterocycles. The van der Waals surface area contributed by atoms with Crippen LogP contribution in [0.15, 0.2) is 24.3 Å². The van der Waals surface area contributed by atoms with Gasteiger partial charge in [0.1, 0.15) is 0 Å². The van der Waals surface area contributed by atoms with Crippen molar-refractivity contribution in [2.24, 2.45) is 0 Å². The largest absolute Gasteiger partial charge is 0.417 e. The van der Waals surface area contributed by atoms with Crippen molar-refractivity contribution in [3.05, 3.63) is 40.4 Å². The predicted molar refractivity (Wildman–Crippen MR) is 75.8 cm³/mol. The molecule has 1 aromatic carbocycles. The Balaban J connectivity index is 2.27. The third-order valence-electron chi connectivity index (χ3n) is 3.48. The van der Waals surface area contributed by atoms with Crippen molar-refractivity contribution in [3.8, 4) is 0 Å². The van der Waals surface area contributed by atoms with Crippen LogP contribution in [-0.2, 0) is 6.18 Å². The van der Waals surface area contributed by atoms with Crippen molar-refractivity contribution in [2.75, 3.05) is 19.6 Å². The molecule has 0 radical (unpaired) electrons. The minimum absolute atomic E-state index is 0.185. The number of nitrogens with zero attached hydrogens (tertiary/aromatic N) is 1. The van der Waals surface area contributed by atoms with Gasteiger partial charge in [-0.05, 0) is 36.6 Å². The lowest BCUT2D eigenvalue weighted by Crippen LogP contribution is -2.29. The molecule has 0 atom stereocenters. The average Bonchev–Trinajstić information content (AvgIpc) is 2.39. The van der Waals surface area contributed by atoms with Crippen LogP contribution >= 0.6 is 11.6 Å². The van der Waals surface area contributed by atoms with Crippen LogP contribution in [0, 0.1) is 0 Å². The molecule has 0 fully saturated rings. The van der Waals surface area contributed by atoms with Crippen molar-refractivity contribution in [1.29, 1.82) is 0 Å². The fourth-order valence-corrected chi connectivity index (χ4v) is 2.83. The van der Waals surface area contributed by atoms with E-state index in [0.717, 1.165) is 44.1 Å². The third-order valence-corrected chi connectivity index (χ3v) is 3.89. The lowest BCUT2D eigenvalue weighted by molar-refractivity contribution is -0.137. The van der Waals surface area contributed by atoms with Gasteiger partial charge < -0.3 is 0 Å². The molecule has 1 nitrogen and oxygen atoms in total. The molecule has 1 heterocycles. The topological polar surface area (TPSA) is 3.24 Å². The van der Waals surface area contributed by atoms with Crippen LogP contribution < -0.4 is 0 Å². The molecule has 0 bridgehead atoms. The molecule has 2 rings (SSSR count). The molecular formula is C15H17ClF3N. The van der Waals surface area contributed by atoms with Crippen LogP contribution in [0.2, 0.25) is 5.02 Å². The minimum atomic E-state index is -4.41. The number of hydrogen-bond acceptors (Lipinski definition) is 1. The van der Waals surface area contributed by atoms with Gasteiger partial charge >= 0.3 is 6.18 Å². The fourth-order valence-electron chi connectivity index (χ4n) is 2.47. The summed E-state index contributed by atoms with van der Waals surface area (Å²) in [6.45, 7) is 4.77. The molecule has 20 heavy (non-hydrogen) atoms. The van der Waals surface area contributed by atoms with Crippen molar-refractivity contribution in [2.45, 2.75) is 25.9 Å². The predicted octanol–water partition coefficient (Wildman–Crippen LogP) is 4.86. The zero-order valence-corrected chi connectivity index (χ0v) is 12.1. The highest BCUT2D eigenvalue weighted by molar-refractivity contribution is 6.33. The number of benzene rings is 1. The first kappa shape index (κ1) is 15.4. The molecule has 1 aliphatic heterocycles. The lowest BCUT2D eigenvalue weighted by atomic mass is 9.97. The number of halogens is 4. The summed E-state index contributed by atoms with van der Waals surface area (Å²) < 4.78 is 38.5. The van der Waals surface area contributed by atoms with Crippen LogP contribution in [-0.4, -0.2) is 24.5 Å². The van der Waals surface area contributed by atoms with Crippen molar-refractivity contribution in [3.63, 3.8) is 0 Å². The number of alkyl halides is 3. The maximum absolute atomic E-state index is 12.8. The first-order valence-corrected chi connectivity index (χ1v) is 7.08. The monoisotopic (exact) mass is 303 g/mol. The van der Waals surface area contributed by atoms with Crippen molar-refractivity contribution >= 4 is 17.2 Å². The molecular weight excluding hydrogens is 287 g/mol. The molecule has 0 unspecified atom stereocenters. The van der Waals surface area contributed by atoms with Gasteiger partial charge in [-0.1, -0.05) is 36.7 Å². The SMILES string of the molecule is CCCN1CC=C(c2cccc(C(F)(F)F)c2Cl)CC1. The quantitative estimate of drug-likeness (QED) is 0.771. The van der Waals surface area contributed by atoms with Crippen LogP contribution in [0.4, 0.5) is 13.2 Å². The van der Waals surface area contributed by atoms with Crippen molar-refractivity contribution < 1.29 is 13.2 Å². The molecule has 1 aliphatic rings. The van der Waals surface area contributed by atoms with Crippen LogP contribution in [0.25, 0.3) is 5.57 Å². The molecule has 1 aromatic rings. The Hall–Kier alpha value is -1.00. The van der Waals surface area contributed by atoms with Crippen LogP contribution in [0.3, 0.4) is 0 Å². The highest BCUT2D eigenvalue weighted by atomic mass is 35.5. The highest BCUT2D eigenvalue weighted by Gasteiger charge is 2.34. The van der Waals surface area contributed by atoms with Gasteiger partial charge in [-0.25, -0.2) is 0 Å². The van der Waals surface area contributed by atoms with Gasteiger partial charge in [0.2, 0.25) is 0 Å². The molecule has 5 heteroatoms. The molecule has 0 spiro atoms. The molecule has 0 N–H and O–H groups in total. The standard InChI is InChI=1S/C15H17ClF3N/c1-2-8-20-9-6-11(7-10-20)12-4-3-5-13(14(12)16)15(17,18)19/h3-6H,2,7-10H2,1H3. The van der Waals surface area contributed by atoms with E-state index in [-0.39, 0.29) is 5.02 Å². The van der Waals surface area contributed by atoms with E-state index in [1.165, 1.54) is 6.07 Å². The first-order chi connectivity index (χ1) is 9.43. The van der Waals surface area contributed by atoms with E-state index in [1.807, 2.05) is 6.08 Å². The molecule has 0 amide bonds. The Bertz CT molecular complexity index is 508. The summed E-state index contributed by atoms with van der Waals surface area (Å²) >= 11 is 5.95. The van der Waals surface area contributed by atoms with Gasteiger partial charge in [-0.2, -0.15) is 13.2 Å². The number of rotatable bonds is 3. The van der Waals surface area contributed by atoms with Gasteiger partial charge in [-0.3, -0.25) is 4.90 Å². The zero-order chi connectivity index (χ0) is 14.8. The third kappa shape index (κ3) is 3.36. The maximum atomic E-state index is 12.8. The first-order valence-electron chi connectivity index (χ1n) is 6.71. The second-order valence-corrected chi connectivity index (χ2v) is 5.32.